The second-order valence-electron chi connectivity index (χ2n) is 3.65. The van der Waals surface area contributed by atoms with E-state index in [0.29, 0.717) is 0 Å². The van der Waals surface area contributed by atoms with Gasteiger partial charge in [0.1, 0.15) is 0 Å². The van der Waals surface area contributed by atoms with E-state index in [2.05, 4.69) is 15.8 Å². The number of benzene rings is 1. The number of rotatable bonds is 2. The quantitative estimate of drug-likeness (QED) is 0.618. The van der Waals surface area contributed by atoms with Crippen molar-refractivity contribution in [2.75, 3.05) is 7.11 Å². The highest BCUT2D eigenvalue weighted by Crippen LogP contribution is 2.20. The highest BCUT2D eigenvalue weighted by Gasteiger charge is 2.01. The minimum Gasteiger partial charge on any atom is -0.466 e. The molecule has 0 aliphatic heterocycles. The van der Waals surface area contributed by atoms with Crippen LogP contribution in [0.4, 0.5) is 0 Å². The zero-order valence-electron chi connectivity index (χ0n) is 9.28. The topological polar surface area (TPSA) is 42.1 Å². The average Bonchev–Trinajstić information content (AvgIpc) is 2.68. The van der Waals surface area contributed by atoms with E-state index in [1.54, 1.807) is 6.08 Å². The number of fused-ring (bicyclic) bond motifs is 1. The first kappa shape index (κ1) is 10.5. The van der Waals surface area contributed by atoms with E-state index in [1.165, 1.54) is 18.7 Å². The molecule has 16 heavy (non-hydrogen) atoms. The standard InChI is InChI=1S/C13H13NO2/c1-9-3-5-11-10(4-6-13(15)16-2)8-14-12(11)7-9/h3-8,14H,1-2H3. The van der Waals surface area contributed by atoms with E-state index >= 15 is 0 Å². The van der Waals surface area contributed by atoms with Gasteiger partial charge in [-0.15, -0.1) is 0 Å². The van der Waals surface area contributed by atoms with Crippen LogP contribution in [0.5, 0.6) is 0 Å². The van der Waals surface area contributed by atoms with Crippen LogP contribution in [0.25, 0.3) is 17.0 Å². The van der Waals surface area contributed by atoms with Crippen LogP contribution in [0.15, 0.2) is 30.5 Å². The van der Waals surface area contributed by atoms with Crippen LogP contribution in [0.1, 0.15) is 11.1 Å². The molecule has 1 aromatic carbocycles. The molecule has 0 saturated carbocycles. The Kier molecular flexibility index (Phi) is 2.77. The van der Waals surface area contributed by atoms with Crippen LogP contribution in [0.3, 0.4) is 0 Å². The molecule has 0 unspecified atom stereocenters. The summed E-state index contributed by atoms with van der Waals surface area (Å²) in [5.74, 6) is -0.346. The summed E-state index contributed by atoms with van der Waals surface area (Å²) in [6, 6.07) is 6.16. The molecular formula is C13H13NO2. The molecule has 0 fully saturated rings. The van der Waals surface area contributed by atoms with Crippen molar-refractivity contribution in [3.05, 3.63) is 41.6 Å². The van der Waals surface area contributed by atoms with Gasteiger partial charge in [-0.25, -0.2) is 4.79 Å². The summed E-state index contributed by atoms with van der Waals surface area (Å²) in [7, 11) is 1.37. The third kappa shape index (κ3) is 1.98. The lowest BCUT2D eigenvalue weighted by Gasteiger charge is -1.94. The number of esters is 1. The molecule has 0 amide bonds. The Balaban J connectivity index is 2.39. The van der Waals surface area contributed by atoms with Gasteiger partial charge < -0.3 is 9.72 Å². The number of hydrogen-bond donors (Lipinski definition) is 1. The van der Waals surface area contributed by atoms with E-state index < -0.39 is 0 Å². The van der Waals surface area contributed by atoms with Crippen LogP contribution in [0.2, 0.25) is 0 Å². The van der Waals surface area contributed by atoms with E-state index in [1.807, 2.05) is 25.3 Å². The molecule has 3 nitrogen and oxygen atoms in total. The molecule has 0 aliphatic carbocycles. The number of aromatic amines is 1. The van der Waals surface area contributed by atoms with Crippen molar-refractivity contribution in [3.8, 4) is 0 Å². The van der Waals surface area contributed by atoms with Crippen molar-refractivity contribution in [3.63, 3.8) is 0 Å². The number of methoxy groups -OCH3 is 1. The van der Waals surface area contributed by atoms with Gasteiger partial charge in [0.25, 0.3) is 0 Å². The molecule has 1 aromatic heterocycles. The molecule has 2 rings (SSSR count). The summed E-state index contributed by atoms with van der Waals surface area (Å²) in [5, 5.41) is 1.10. The predicted octanol–water partition coefficient (Wildman–Crippen LogP) is 2.66. The van der Waals surface area contributed by atoms with Gasteiger partial charge in [0.2, 0.25) is 0 Å². The van der Waals surface area contributed by atoms with Crippen molar-refractivity contribution in [2.45, 2.75) is 6.92 Å². The van der Waals surface area contributed by atoms with Crippen LogP contribution < -0.4 is 0 Å². The monoisotopic (exact) mass is 215 g/mol. The Morgan fingerprint density at radius 2 is 2.25 bits per heavy atom. The fourth-order valence-electron chi connectivity index (χ4n) is 1.63. The van der Waals surface area contributed by atoms with Gasteiger partial charge in [-0.1, -0.05) is 12.1 Å². The number of carbonyl (C=O) groups is 1. The normalized spacial score (nSPS) is 11.1. The molecule has 3 heteroatoms. The second kappa shape index (κ2) is 4.23. The first-order valence-electron chi connectivity index (χ1n) is 5.04. The Bertz CT molecular complexity index is 552. The molecule has 2 aromatic rings. The van der Waals surface area contributed by atoms with Crippen LogP contribution in [-0.2, 0) is 9.53 Å². The maximum atomic E-state index is 11.0. The fraction of sp³-hybridized carbons (Fsp3) is 0.154. The third-order valence-corrected chi connectivity index (χ3v) is 2.47. The first-order valence-corrected chi connectivity index (χ1v) is 5.04. The maximum Gasteiger partial charge on any atom is 0.330 e. The fourth-order valence-corrected chi connectivity index (χ4v) is 1.63. The summed E-state index contributed by atoms with van der Waals surface area (Å²) >= 11 is 0. The summed E-state index contributed by atoms with van der Waals surface area (Å²) in [4.78, 5) is 14.1. The molecule has 0 radical (unpaired) electrons. The van der Waals surface area contributed by atoms with Crippen LogP contribution >= 0.6 is 0 Å². The Morgan fingerprint density at radius 3 is 3.00 bits per heavy atom. The van der Waals surface area contributed by atoms with Gasteiger partial charge >= 0.3 is 5.97 Å². The lowest BCUT2D eigenvalue weighted by molar-refractivity contribution is -0.134. The minimum absolute atomic E-state index is 0.346. The second-order valence-corrected chi connectivity index (χ2v) is 3.65. The zero-order valence-corrected chi connectivity index (χ0v) is 9.28. The number of ether oxygens (including phenoxy) is 1. The molecule has 0 saturated heterocycles. The van der Waals surface area contributed by atoms with Gasteiger partial charge in [0.15, 0.2) is 0 Å². The summed E-state index contributed by atoms with van der Waals surface area (Å²) in [6.07, 6.45) is 5.05. The Labute approximate surface area is 93.7 Å². The number of aromatic nitrogens is 1. The predicted molar refractivity (Wildman–Crippen MR) is 64.1 cm³/mol. The van der Waals surface area contributed by atoms with E-state index in [-0.39, 0.29) is 5.97 Å². The van der Waals surface area contributed by atoms with Crippen molar-refractivity contribution in [1.29, 1.82) is 0 Å². The number of nitrogens with one attached hydrogen (secondary N) is 1. The van der Waals surface area contributed by atoms with Crippen molar-refractivity contribution in [1.82, 2.24) is 4.98 Å². The van der Waals surface area contributed by atoms with Gasteiger partial charge in [-0.3, -0.25) is 0 Å². The lowest BCUT2D eigenvalue weighted by Crippen LogP contribution is -1.92. The van der Waals surface area contributed by atoms with Crippen LogP contribution in [0, 0.1) is 6.92 Å². The molecule has 82 valence electrons. The number of H-pyrrole nitrogens is 1. The summed E-state index contributed by atoms with van der Waals surface area (Å²) < 4.78 is 4.54. The smallest absolute Gasteiger partial charge is 0.330 e. The minimum atomic E-state index is -0.346. The molecule has 0 spiro atoms. The Morgan fingerprint density at radius 1 is 1.44 bits per heavy atom. The van der Waals surface area contributed by atoms with Gasteiger partial charge in [-0.05, 0) is 24.6 Å². The van der Waals surface area contributed by atoms with E-state index in [9.17, 15) is 4.79 Å². The molecule has 1 N–H and O–H groups in total. The third-order valence-electron chi connectivity index (χ3n) is 2.47. The summed E-state index contributed by atoms with van der Waals surface area (Å²) in [6.45, 7) is 2.05. The highest BCUT2D eigenvalue weighted by atomic mass is 16.5. The lowest BCUT2D eigenvalue weighted by atomic mass is 10.1. The maximum absolute atomic E-state index is 11.0. The zero-order chi connectivity index (χ0) is 11.5. The average molecular weight is 215 g/mol. The molecular weight excluding hydrogens is 202 g/mol. The van der Waals surface area contributed by atoms with Gasteiger partial charge in [-0.2, -0.15) is 0 Å². The van der Waals surface area contributed by atoms with E-state index in [0.717, 1.165) is 16.5 Å². The van der Waals surface area contributed by atoms with E-state index in [4.69, 9.17) is 0 Å². The number of carbonyl (C=O) groups excluding carboxylic acids is 1. The SMILES string of the molecule is COC(=O)C=Cc1c[nH]c2cc(C)ccc12. The number of hydrogen-bond acceptors (Lipinski definition) is 2. The van der Waals surface area contributed by atoms with Crippen LogP contribution in [-0.4, -0.2) is 18.1 Å². The summed E-state index contributed by atoms with van der Waals surface area (Å²) in [5.41, 5.74) is 3.27. The molecule has 0 atom stereocenters. The molecule has 0 aliphatic rings. The van der Waals surface area contributed by atoms with Gasteiger partial charge in [0.05, 0.1) is 7.11 Å². The Hall–Kier alpha value is -2.03. The van der Waals surface area contributed by atoms with Gasteiger partial charge in [0, 0.05) is 28.7 Å². The highest BCUT2D eigenvalue weighted by molar-refractivity contribution is 5.94. The first-order chi connectivity index (χ1) is 7.70. The van der Waals surface area contributed by atoms with Crippen molar-refractivity contribution < 1.29 is 9.53 Å². The van der Waals surface area contributed by atoms with Crippen molar-refractivity contribution in [2.24, 2.45) is 0 Å². The largest absolute Gasteiger partial charge is 0.466 e. The molecule has 1 heterocycles. The number of aryl methyl sites for hydroxylation is 1. The van der Waals surface area contributed by atoms with Crippen molar-refractivity contribution >= 4 is 22.9 Å². The molecule has 0 bridgehead atoms.